The van der Waals surface area contributed by atoms with Crippen molar-refractivity contribution in [2.45, 2.75) is 38.6 Å². The van der Waals surface area contributed by atoms with Crippen molar-refractivity contribution in [2.75, 3.05) is 32.1 Å². The monoisotopic (exact) mass is 382 g/mol. The van der Waals surface area contributed by atoms with Gasteiger partial charge in [-0.05, 0) is 56.1 Å². The summed E-state index contributed by atoms with van der Waals surface area (Å²) in [4.78, 5) is 15.1. The van der Waals surface area contributed by atoms with Crippen molar-refractivity contribution in [1.82, 2.24) is 4.90 Å². The average Bonchev–Trinajstić information content (AvgIpc) is 2.95. The van der Waals surface area contributed by atoms with Crippen LogP contribution in [0.3, 0.4) is 0 Å². The second-order valence-corrected chi connectivity index (χ2v) is 7.09. The number of hydrogen-bond donors (Lipinski definition) is 1. The Kier molecular flexibility index (Phi) is 7.31. The van der Waals surface area contributed by atoms with Gasteiger partial charge in [0.05, 0.1) is 25.9 Å². The largest absolute Gasteiger partial charge is 0.497 e. The lowest BCUT2D eigenvalue weighted by Gasteiger charge is -2.30. The van der Waals surface area contributed by atoms with E-state index < -0.39 is 0 Å². The van der Waals surface area contributed by atoms with Crippen molar-refractivity contribution in [3.8, 4) is 11.5 Å². The van der Waals surface area contributed by atoms with Gasteiger partial charge in [-0.3, -0.25) is 9.69 Å². The third kappa shape index (κ3) is 5.26. The molecule has 0 spiro atoms. The molecule has 5 nitrogen and oxygen atoms in total. The first-order valence-corrected chi connectivity index (χ1v) is 10.1. The summed E-state index contributed by atoms with van der Waals surface area (Å²) in [6, 6.07) is 16.1. The van der Waals surface area contributed by atoms with Gasteiger partial charge in [0.2, 0.25) is 5.91 Å². The number of anilines is 1. The molecule has 0 radical (unpaired) electrons. The van der Waals surface area contributed by atoms with Crippen LogP contribution in [-0.4, -0.2) is 37.6 Å². The molecule has 0 aromatic heterocycles. The molecule has 1 atom stereocenters. The zero-order valence-electron chi connectivity index (χ0n) is 16.8. The number of ether oxygens (including phenoxy) is 2. The minimum atomic E-state index is -0.00688. The lowest BCUT2D eigenvalue weighted by molar-refractivity contribution is -0.117. The lowest BCUT2D eigenvalue weighted by Crippen LogP contribution is -2.36. The van der Waals surface area contributed by atoms with E-state index >= 15 is 0 Å². The zero-order valence-corrected chi connectivity index (χ0v) is 16.8. The first-order chi connectivity index (χ1) is 13.7. The Bertz CT molecular complexity index is 761. The Hall–Kier alpha value is -2.53. The summed E-state index contributed by atoms with van der Waals surface area (Å²) in [5, 5.41) is 3.03. The fourth-order valence-corrected chi connectivity index (χ4v) is 3.79. The summed E-state index contributed by atoms with van der Waals surface area (Å²) in [7, 11) is 1.68. The molecule has 0 aliphatic carbocycles. The van der Waals surface area contributed by atoms with Crippen LogP contribution >= 0.6 is 0 Å². The molecule has 0 saturated carbocycles. The van der Waals surface area contributed by atoms with Crippen LogP contribution in [0.1, 0.15) is 44.2 Å². The first kappa shape index (κ1) is 20.2. The van der Waals surface area contributed by atoms with Gasteiger partial charge in [-0.15, -0.1) is 0 Å². The number of nitrogens with one attached hydrogen (secondary N) is 1. The number of amides is 1. The molecular formula is C23H30N2O3. The van der Waals surface area contributed by atoms with Crippen molar-refractivity contribution in [3.63, 3.8) is 0 Å². The second-order valence-electron chi connectivity index (χ2n) is 7.09. The van der Waals surface area contributed by atoms with E-state index in [9.17, 15) is 4.79 Å². The van der Waals surface area contributed by atoms with Crippen LogP contribution in [0.15, 0.2) is 48.5 Å². The Morgan fingerprint density at radius 1 is 1.11 bits per heavy atom. The normalized spacial score (nSPS) is 17.6. The van der Waals surface area contributed by atoms with E-state index in [4.69, 9.17) is 9.47 Å². The predicted octanol–water partition coefficient (Wildman–Crippen LogP) is 4.65. The van der Waals surface area contributed by atoms with Crippen molar-refractivity contribution >= 4 is 11.6 Å². The van der Waals surface area contributed by atoms with Crippen molar-refractivity contribution in [1.29, 1.82) is 0 Å². The molecule has 1 heterocycles. The van der Waals surface area contributed by atoms with Gasteiger partial charge in [0.1, 0.15) is 11.5 Å². The van der Waals surface area contributed by atoms with Gasteiger partial charge in [0, 0.05) is 6.04 Å². The van der Waals surface area contributed by atoms with Gasteiger partial charge in [0.15, 0.2) is 0 Å². The minimum absolute atomic E-state index is 0.00688. The number of rotatable bonds is 7. The van der Waals surface area contributed by atoms with Gasteiger partial charge in [-0.2, -0.15) is 0 Å². The highest BCUT2D eigenvalue weighted by molar-refractivity contribution is 5.93. The molecule has 150 valence electrons. The molecule has 1 aliphatic rings. The summed E-state index contributed by atoms with van der Waals surface area (Å²) in [6.45, 7) is 3.81. The van der Waals surface area contributed by atoms with E-state index in [1.54, 1.807) is 7.11 Å². The molecule has 5 heteroatoms. The molecule has 0 unspecified atom stereocenters. The van der Waals surface area contributed by atoms with E-state index in [1.807, 2.05) is 43.3 Å². The molecule has 0 bridgehead atoms. The van der Waals surface area contributed by atoms with Crippen LogP contribution in [0.2, 0.25) is 0 Å². The maximum atomic E-state index is 12.8. The quantitative estimate of drug-likeness (QED) is 0.757. The van der Waals surface area contributed by atoms with E-state index in [1.165, 1.54) is 18.4 Å². The SMILES string of the molecule is CCOc1ccccc1NC(=O)CN1CCCCC[C@H]1c1ccc(OC)cc1. The van der Waals surface area contributed by atoms with Crippen LogP contribution < -0.4 is 14.8 Å². The maximum Gasteiger partial charge on any atom is 0.238 e. The van der Waals surface area contributed by atoms with E-state index in [0.717, 1.165) is 30.8 Å². The van der Waals surface area contributed by atoms with E-state index in [0.29, 0.717) is 18.9 Å². The van der Waals surface area contributed by atoms with Gasteiger partial charge in [-0.1, -0.05) is 37.1 Å². The molecule has 3 rings (SSSR count). The van der Waals surface area contributed by atoms with Crippen LogP contribution in [0.4, 0.5) is 5.69 Å². The Morgan fingerprint density at radius 2 is 1.89 bits per heavy atom. The summed E-state index contributed by atoms with van der Waals surface area (Å²) in [6.07, 6.45) is 4.57. The molecule has 1 amide bonds. The van der Waals surface area contributed by atoms with Crippen LogP contribution in [0, 0.1) is 0 Å². The van der Waals surface area contributed by atoms with E-state index in [-0.39, 0.29) is 11.9 Å². The number of benzene rings is 2. The highest BCUT2D eigenvalue weighted by atomic mass is 16.5. The van der Waals surface area contributed by atoms with Crippen molar-refractivity contribution < 1.29 is 14.3 Å². The second kappa shape index (κ2) is 10.1. The number of methoxy groups -OCH3 is 1. The molecule has 28 heavy (non-hydrogen) atoms. The Balaban J connectivity index is 1.71. The molecule has 1 N–H and O–H groups in total. The third-order valence-corrected chi connectivity index (χ3v) is 5.17. The fraction of sp³-hybridized carbons (Fsp3) is 0.435. The summed E-state index contributed by atoms with van der Waals surface area (Å²) >= 11 is 0. The molecule has 1 fully saturated rings. The number of carbonyl (C=O) groups is 1. The van der Waals surface area contributed by atoms with Crippen molar-refractivity contribution in [3.05, 3.63) is 54.1 Å². The Labute approximate surface area is 167 Å². The smallest absolute Gasteiger partial charge is 0.238 e. The van der Waals surface area contributed by atoms with Crippen LogP contribution in [0.5, 0.6) is 11.5 Å². The summed E-state index contributed by atoms with van der Waals surface area (Å²) in [5.41, 5.74) is 1.97. The van der Waals surface area contributed by atoms with Gasteiger partial charge >= 0.3 is 0 Å². The molecule has 1 aliphatic heterocycles. The highest BCUT2D eigenvalue weighted by Crippen LogP contribution is 2.31. The van der Waals surface area contributed by atoms with Gasteiger partial charge in [0.25, 0.3) is 0 Å². The predicted molar refractivity (Wildman–Crippen MR) is 112 cm³/mol. The minimum Gasteiger partial charge on any atom is -0.497 e. The van der Waals surface area contributed by atoms with Crippen LogP contribution in [0.25, 0.3) is 0 Å². The van der Waals surface area contributed by atoms with Crippen LogP contribution in [-0.2, 0) is 4.79 Å². The van der Waals surface area contributed by atoms with E-state index in [2.05, 4.69) is 22.3 Å². The topological polar surface area (TPSA) is 50.8 Å². The summed E-state index contributed by atoms with van der Waals surface area (Å²) < 4.78 is 10.9. The first-order valence-electron chi connectivity index (χ1n) is 10.1. The average molecular weight is 383 g/mol. The number of para-hydroxylation sites is 2. The zero-order chi connectivity index (χ0) is 19.8. The maximum absolute atomic E-state index is 12.8. The standard InChI is InChI=1S/C23H30N2O3/c1-3-28-22-11-7-6-9-20(22)24-23(26)17-25-16-8-4-5-10-21(25)18-12-14-19(27-2)15-13-18/h6-7,9,11-15,21H,3-5,8,10,16-17H2,1-2H3,(H,24,26)/t21-/m0/s1. The van der Waals surface area contributed by atoms with Gasteiger partial charge < -0.3 is 14.8 Å². The molecular weight excluding hydrogens is 352 g/mol. The lowest BCUT2D eigenvalue weighted by atomic mass is 10.0. The molecule has 2 aromatic carbocycles. The number of likely N-dealkylation sites (tertiary alicyclic amines) is 1. The molecule has 1 saturated heterocycles. The fourth-order valence-electron chi connectivity index (χ4n) is 3.79. The Morgan fingerprint density at radius 3 is 2.64 bits per heavy atom. The number of hydrogen-bond acceptors (Lipinski definition) is 4. The van der Waals surface area contributed by atoms with Crippen molar-refractivity contribution in [2.24, 2.45) is 0 Å². The number of carbonyl (C=O) groups excluding carboxylic acids is 1. The summed E-state index contributed by atoms with van der Waals surface area (Å²) in [5.74, 6) is 1.56. The molecule has 2 aromatic rings. The third-order valence-electron chi connectivity index (χ3n) is 5.17. The number of nitrogens with zero attached hydrogens (tertiary/aromatic N) is 1. The highest BCUT2D eigenvalue weighted by Gasteiger charge is 2.24. The van der Waals surface area contributed by atoms with Gasteiger partial charge in [-0.25, -0.2) is 0 Å².